The second-order valence-corrected chi connectivity index (χ2v) is 7.36. The van der Waals surface area contributed by atoms with Crippen molar-refractivity contribution in [3.05, 3.63) is 60.2 Å². The molecule has 3 heterocycles. The number of hydrogen-bond donors (Lipinski definition) is 1. The lowest BCUT2D eigenvalue weighted by atomic mass is 10.1. The minimum absolute atomic E-state index is 0.0757. The van der Waals surface area contributed by atoms with Crippen LogP contribution in [-0.2, 0) is 9.84 Å². The molecule has 0 spiro atoms. The Morgan fingerprint density at radius 2 is 2.04 bits per heavy atom. The van der Waals surface area contributed by atoms with Gasteiger partial charge in [0.25, 0.3) is 5.91 Å². The van der Waals surface area contributed by atoms with Gasteiger partial charge in [-0.05, 0) is 30.7 Å². The third-order valence-electron chi connectivity index (χ3n) is 3.59. The first-order valence-corrected chi connectivity index (χ1v) is 9.15. The lowest BCUT2D eigenvalue weighted by Crippen LogP contribution is -2.27. The van der Waals surface area contributed by atoms with Crippen LogP contribution in [0.25, 0.3) is 5.52 Å². The predicted octanol–water partition coefficient (Wildman–Crippen LogP) is 1.62. The van der Waals surface area contributed by atoms with E-state index in [-0.39, 0.29) is 16.9 Å². The fourth-order valence-electron chi connectivity index (χ4n) is 2.42. The van der Waals surface area contributed by atoms with E-state index in [1.807, 2.05) is 13.0 Å². The van der Waals surface area contributed by atoms with Crippen LogP contribution in [0.5, 0.6) is 0 Å². The molecule has 0 saturated carbocycles. The van der Waals surface area contributed by atoms with Crippen molar-refractivity contribution in [2.24, 2.45) is 0 Å². The molecular weight excluding hydrogens is 328 g/mol. The lowest BCUT2D eigenvalue weighted by Gasteiger charge is -2.12. The summed E-state index contributed by atoms with van der Waals surface area (Å²) in [5.74, 6) is -0.440. The summed E-state index contributed by atoms with van der Waals surface area (Å²) in [4.78, 5) is 20.7. The molecule has 1 N–H and O–H groups in total. The monoisotopic (exact) mass is 344 g/mol. The number of amides is 1. The highest BCUT2D eigenvalue weighted by Crippen LogP contribution is 2.18. The Morgan fingerprint density at radius 3 is 2.71 bits per heavy atom. The van der Waals surface area contributed by atoms with Gasteiger partial charge < -0.3 is 5.32 Å². The van der Waals surface area contributed by atoms with Gasteiger partial charge in [0, 0.05) is 24.8 Å². The summed E-state index contributed by atoms with van der Waals surface area (Å²) in [6.45, 7) is 1.82. The van der Waals surface area contributed by atoms with Gasteiger partial charge in [0.05, 0.1) is 11.6 Å². The standard InChI is InChI=1S/C16H16N4O3S/c1-11(12-6-5-8-17-10-12)18-15(21)14-13-7-3-4-9-20(13)16(19-14)24(2,22)23/h3-11H,1-2H3,(H,18,21)/t11-/m0/s1. The number of nitrogens with one attached hydrogen (secondary N) is 1. The molecule has 0 aliphatic carbocycles. The third-order valence-corrected chi connectivity index (χ3v) is 4.55. The van der Waals surface area contributed by atoms with Crippen LogP contribution in [0.1, 0.15) is 29.0 Å². The molecule has 0 bridgehead atoms. The van der Waals surface area contributed by atoms with Gasteiger partial charge in [-0.3, -0.25) is 14.2 Å². The fraction of sp³-hybridized carbons (Fsp3) is 0.188. The Bertz CT molecular complexity index is 997. The Balaban J connectivity index is 1.99. The van der Waals surface area contributed by atoms with E-state index in [4.69, 9.17) is 0 Å². The Kier molecular flexibility index (Phi) is 4.06. The molecule has 0 radical (unpaired) electrons. The molecule has 3 rings (SSSR count). The maximum absolute atomic E-state index is 12.6. The second-order valence-electron chi connectivity index (χ2n) is 5.45. The number of fused-ring (bicyclic) bond motifs is 1. The van der Waals surface area contributed by atoms with Crippen LogP contribution < -0.4 is 5.32 Å². The smallest absolute Gasteiger partial charge is 0.272 e. The maximum Gasteiger partial charge on any atom is 0.272 e. The Labute approximate surface area is 139 Å². The van der Waals surface area contributed by atoms with E-state index in [0.29, 0.717) is 5.52 Å². The molecule has 0 aliphatic heterocycles. The normalized spacial score (nSPS) is 12.9. The fourth-order valence-corrected chi connectivity index (χ4v) is 3.19. The summed E-state index contributed by atoms with van der Waals surface area (Å²) in [6, 6.07) is 8.42. The average Bonchev–Trinajstić information content (AvgIpc) is 2.95. The van der Waals surface area contributed by atoms with Crippen LogP contribution in [0, 0.1) is 0 Å². The number of imidazole rings is 1. The maximum atomic E-state index is 12.6. The number of rotatable bonds is 4. The number of hydrogen-bond acceptors (Lipinski definition) is 5. The van der Waals surface area contributed by atoms with Crippen molar-refractivity contribution >= 4 is 21.3 Å². The van der Waals surface area contributed by atoms with Gasteiger partial charge in [0.1, 0.15) is 0 Å². The zero-order valence-electron chi connectivity index (χ0n) is 13.2. The zero-order chi connectivity index (χ0) is 17.3. The van der Waals surface area contributed by atoms with Crippen LogP contribution in [-0.4, -0.2) is 34.9 Å². The van der Waals surface area contributed by atoms with E-state index < -0.39 is 15.7 Å². The number of nitrogens with zero attached hydrogens (tertiary/aromatic N) is 3. The molecule has 3 aromatic heterocycles. The van der Waals surface area contributed by atoms with Crippen LogP contribution in [0.3, 0.4) is 0 Å². The average molecular weight is 344 g/mol. The third kappa shape index (κ3) is 3.00. The van der Waals surface area contributed by atoms with Gasteiger partial charge in [-0.25, -0.2) is 13.4 Å². The first kappa shape index (κ1) is 16.1. The van der Waals surface area contributed by atoms with E-state index in [9.17, 15) is 13.2 Å². The van der Waals surface area contributed by atoms with Crippen molar-refractivity contribution in [3.8, 4) is 0 Å². The summed E-state index contributed by atoms with van der Waals surface area (Å²) in [5, 5.41) is 2.66. The number of carbonyl (C=O) groups is 1. The molecule has 0 fully saturated rings. The van der Waals surface area contributed by atoms with E-state index >= 15 is 0 Å². The number of carbonyl (C=O) groups excluding carboxylic acids is 1. The summed E-state index contributed by atoms with van der Waals surface area (Å²) >= 11 is 0. The number of sulfone groups is 1. The number of aromatic nitrogens is 3. The SMILES string of the molecule is C[C@H](NC(=O)c1nc(S(C)(=O)=O)n2ccccc12)c1cccnc1. The first-order valence-electron chi connectivity index (χ1n) is 7.26. The predicted molar refractivity (Wildman–Crippen MR) is 88.4 cm³/mol. The molecule has 0 aliphatic rings. The zero-order valence-corrected chi connectivity index (χ0v) is 14.0. The van der Waals surface area contributed by atoms with Crippen molar-refractivity contribution < 1.29 is 13.2 Å². The molecule has 0 unspecified atom stereocenters. The van der Waals surface area contributed by atoms with Crippen molar-refractivity contribution in [1.29, 1.82) is 0 Å². The van der Waals surface area contributed by atoms with Crippen molar-refractivity contribution in [2.45, 2.75) is 18.1 Å². The molecule has 3 aromatic rings. The largest absolute Gasteiger partial charge is 0.344 e. The second kappa shape index (κ2) is 6.04. The topological polar surface area (TPSA) is 93.4 Å². The summed E-state index contributed by atoms with van der Waals surface area (Å²) < 4.78 is 25.2. The molecule has 0 aromatic carbocycles. The van der Waals surface area contributed by atoms with Crippen molar-refractivity contribution in [3.63, 3.8) is 0 Å². The molecule has 0 saturated heterocycles. The molecular formula is C16H16N4O3S. The quantitative estimate of drug-likeness (QED) is 0.776. The molecule has 1 amide bonds. The summed E-state index contributed by atoms with van der Waals surface area (Å²) in [6.07, 6.45) is 5.95. The van der Waals surface area contributed by atoms with Gasteiger partial charge in [-0.1, -0.05) is 12.1 Å². The van der Waals surface area contributed by atoms with Gasteiger partial charge in [-0.15, -0.1) is 0 Å². The van der Waals surface area contributed by atoms with Gasteiger partial charge in [0.15, 0.2) is 5.69 Å². The molecule has 8 heteroatoms. The van der Waals surface area contributed by atoms with Crippen molar-refractivity contribution in [1.82, 2.24) is 19.7 Å². The minimum Gasteiger partial charge on any atom is -0.344 e. The van der Waals surface area contributed by atoms with Crippen LogP contribution in [0.4, 0.5) is 0 Å². The van der Waals surface area contributed by atoms with Crippen LogP contribution in [0.15, 0.2) is 54.1 Å². The van der Waals surface area contributed by atoms with Gasteiger partial charge in [-0.2, -0.15) is 0 Å². The molecule has 24 heavy (non-hydrogen) atoms. The van der Waals surface area contributed by atoms with Crippen LogP contribution in [0.2, 0.25) is 0 Å². The van der Waals surface area contributed by atoms with E-state index in [0.717, 1.165) is 11.8 Å². The Hall–Kier alpha value is -2.74. The first-order chi connectivity index (χ1) is 11.4. The van der Waals surface area contributed by atoms with E-state index in [2.05, 4.69) is 15.3 Å². The van der Waals surface area contributed by atoms with Gasteiger partial charge in [0.2, 0.25) is 15.0 Å². The minimum atomic E-state index is -3.56. The molecule has 124 valence electrons. The molecule has 7 nitrogen and oxygen atoms in total. The summed E-state index contributed by atoms with van der Waals surface area (Å²) in [7, 11) is -3.56. The van der Waals surface area contributed by atoms with E-state index in [1.165, 1.54) is 4.40 Å². The molecule has 1 atom stereocenters. The number of pyridine rings is 2. The van der Waals surface area contributed by atoms with Gasteiger partial charge >= 0.3 is 0 Å². The Morgan fingerprint density at radius 1 is 1.25 bits per heavy atom. The highest BCUT2D eigenvalue weighted by molar-refractivity contribution is 7.90. The van der Waals surface area contributed by atoms with Crippen molar-refractivity contribution in [2.75, 3.05) is 6.26 Å². The highest BCUT2D eigenvalue weighted by atomic mass is 32.2. The summed E-state index contributed by atoms with van der Waals surface area (Å²) in [5.41, 5.74) is 1.36. The highest BCUT2D eigenvalue weighted by Gasteiger charge is 2.23. The lowest BCUT2D eigenvalue weighted by molar-refractivity contribution is 0.0936. The van der Waals surface area contributed by atoms with Crippen LogP contribution >= 0.6 is 0 Å². The van der Waals surface area contributed by atoms with E-state index in [1.54, 1.807) is 42.9 Å².